The van der Waals surface area contributed by atoms with Gasteiger partial charge in [-0.3, -0.25) is 0 Å². The van der Waals surface area contributed by atoms with E-state index in [0.29, 0.717) is 12.1 Å². The van der Waals surface area contributed by atoms with Crippen molar-refractivity contribution in [3.8, 4) is 0 Å². The van der Waals surface area contributed by atoms with Gasteiger partial charge in [-0.25, -0.2) is 4.79 Å². The Kier molecular flexibility index (Phi) is 6.79. The molecule has 2 aromatic rings. The summed E-state index contributed by atoms with van der Waals surface area (Å²) in [6.45, 7) is 1.78. The lowest BCUT2D eigenvalue weighted by Gasteiger charge is -2.26. The smallest absolute Gasteiger partial charge is 0.367 e. The maximum Gasteiger partial charge on any atom is 0.411 e. The predicted molar refractivity (Wildman–Crippen MR) is 104 cm³/mol. The largest absolute Gasteiger partial charge is 0.411 e. The van der Waals surface area contributed by atoms with Gasteiger partial charge in [-0.2, -0.15) is 13.2 Å². The maximum absolute atomic E-state index is 12.7. The molecule has 2 aromatic carbocycles. The summed E-state index contributed by atoms with van der Waals surface area (Å²) in [5.41, 5.74) is 3.90. The van der Waals surface area contributed by atoms with Crippen molar-refractivity contribution in [3.05, 3.63) is 70.8 Å². The number of hydrogen-bond donors (Lipinski definition) is 1. The third kappa shape index (κ3) is 5.97. The number of amides is 2. The molecule has 156 valence electrons. The highest BCUT2D eigenvalue weighted by atomic mass is 19.4. The second kappa shape index (κ2) is 9.31. The molecule has 1 aliphatic heterocycles. The zero-order valence-electron chi connectivity index (χ0n) is 16.3. The molecule has 1 atom stereocenters. The minimum Gasteiger partial charge on any atom is -0.367 e. The number of benzene rings is 2. The molecule has 1 aliphatic rings. The quantitative estimate of drug-likeness (QED) is 0.723. The average Bonchev–Trinajstić information content (AvgIpc) is 3.16. The monoisotopic (exact) mass is 406 g/mol. The van der Waals surface area contributed by atoms with Crippen LogP contribution in [-0.2, 0) is 17.9 Å². The van der Waals surface area contributed by atoms with Crippen LogP contribution < -0.4 is 5.32 Å². The van der Waals surface area contributed by atoms with E-state index in [4.69, 9.17) is 0 Å². The van der Waals surface area contributed by atoms with Crippen molar-refractivity contribution < 1.29 is 22.7 Å². The number of nitrogens with zero attached hydrogens (tertiary/aromatic N) is 1. The van der Waals surface area contributed by atoms with Crippen LogP contribution in [0.15, 0.2) is 48.5 Å². The normalized spacial score (nSPS) is 16.8. The first kappa shape index (κ1) is 21.2. The molecule has 1 heterocycles. The van der Waals surface area contributed by atoms with E-state index in [2.05, 4.69) is 29.1 Å². The van der Waals surface area contributed by atoms with E-state index in [1.165, 1.54) is 11.1 Å². The maximum atomic E-state index is 12.7. The number of rotatable bonds is 6. The molecule has 0 saturated carbocycles. The molecular formula is C22H25F3N2O2. The molecule has 0 bridgehead atoms. The fourth-order valence-corrected chi connectivity index (χ4v) is 3.61. The van der Waals surface area contributed by atoms with Gasteiger partial charge in [0.15, 0.2) is 0 Å². The van der Waals surface area contributed by atoms with Crippen LogP contribution in [0.1, 0.15) is 41.1 Å². The van der Waals surface area contributed by atoms with Crippen LogP contribution in [0.4, 0.5) is 18.0 Å². The predicted octanol–water partition coefficient (Wildman–Crippen LogP) is 5.12. The number of urea groups is 1. The third-order valence-electron chi connectivity index (χ3n) is 5.06. The first-order valence-corrected chi connectivity index (χ1v) is 9.66. The first-order chi connectivity index (χ1) is 13.8. The van der Waals surface area contributed by atoms with Crippen molar-refractivity contribution in [1.29, 1.82) is 0 Å². The van der Waals surface area contributed by atoms with Gasteiger partial charge in [-0.15, -0.1) is 0 Å². The minimum absolute atomic E-state index is 0.0874. The molecule has 1 N–H and O–H groups in total. The number of aryl methyl sites for hydroxylation is 1. The summed E-state index contributed by atoms with van der Waals surface area (Å²) in [5.74, 6) is 0. The number of carbonyl (C=O) groups excluding carboxylic acids is 1. The molecule has 3 rings (SSSR count). The lowest BCUT2D eigenvalue weighted by Crippen LogP contribution is -2.39. The molecule has 1 unspecified atom stereocenters. The van der Waals surface area contributed by atoms with Crippen LogP contribution in [-0.4, -0.2) is 30.3 Å². The fourth-order valence-electron chi connectivity index (χ4n) is 3.61. The molecule has 1 saturated heterocycles. The van der Waals surface area contributed by atoms with E-state index in [9.17, 15) is 18.0 Å². The molecular weight excluding hydrogens is 381 g/mol. The minimum atomic E-state index is -4.32. The summed E-state index contributed by atoms with van der Waals surface area (Å²) in [6, 6.07) is 15.1. The van der Waals surface area contributed by atoms with Gasteiger partial charge in [0.1, 0.15) is 6.61 Å². The van der Waals surface area contributed by atoms with E-state index in [1.807, 2.05) is 17.0 Å². The summed E-state index contributed by atoms with van der Waals surface area (Å²) in [6.07, 6.45) is -2.40. The van der Waals surface area contributed by atoms with Crippen LogP contribution in [0.2, 0.25) is 0 Å². The van der Waals surface area contributed by atoms with Crippen molar-refractivity contribution in [2.24, 2.45) is 0 Å². The summed E-state index contributed by atoms with van der Waals surface area (Å²) in [5, 5.41) is 2.95. The highest BCUT2D eigenvalue weighted by Gasteiger charge is 2.30. The van der Waals surface area contributed by atoms with Crippen LogP contribution in [0.5, 0.6) is 0 Å². The Hall–Kier alpha value is -2.54. The number of alkyl halides is 3. The Morgan fingerprint density at radius 1 is 1.14 bits per heavy atom. The van der Waals surface area contributed by atoms with Gasteiger partial charge in [0, 0.05) is 13.1 Å². The highest BCUT2D eigenvalue weighted by molar-refractivity contribution is 5.75. The fraction of sp³-hybridized carbons (Fsp3) is 0.409. The molecule has 1 fully saturated rings. The number of carbonyl (C=O) groups is 1. The van der Waals surface area contributed by atoms with Gasteiger partial charge in [0.05, 0.1) is 12.6 Å². The molecule has 29 heavy (non-hydrogen) atoms. The lowest BCUT2D eigenvalue weighted by atomic mass is 9.99. The first-order valence-electron chi connectivity index (χ1n) is 9.66. The number of likely N-dealkylation sites (tertiary alicyclic amines) is 1. The summed E-state index contributed by atoms with van der Waals surface area (Å²) in [4.78, 5) is 14.6. The van der Waals surface area contributed by atoms with Gasteiger partial charge in [-0.05, 0) is 42.0 Å². The molecule has 2 amide bonds. The molecule has 0 spiro atoms. The van der Waals surface area contributed by atoms with E-state index in [0.717, 1.165) is 24.9 Å². The topological polar surface area (TPSA) is 41.6 Å². The van der Waals surface area contributed by atoms with E-state index in [-0.39, 0.29) is 18.7 Å². The second-order valence-electron chi connectivity index (χ2n) is 7.29. The van der Waals surface area contributed by atoms with E-state index in [1.54, 1.807) is 24.3 Å². The van der Waals surface area contributed by atoms with Crippen molar-refractivity contribution in [1.82, 2.24) is 10.2 Å². The van der Waals surface area contributed by atoms with Crippen LogP contribution >= 0.6 is 0 Å². The van der Waals surface area contributed by atoms with Crippen LogP contribution in [0.25, 0.3) is 0 Å². The zero-order valence-corrected chi connectivity index (χ0v) is 16.3. The van der Waals surface area contributed by atoms with Gasteiger partial charge >= 0.3 is 12.2 Å². The average molecular weight is 406 g/mol. The SMILES string of the molecule is Cc1ccccc1C1CCCN1C(=O)NCc1ccc(COCC(F)(F)F)cc1. The number of halogens is 3. The van der Waals surface area contributed by atoms with Crippen LogP contribution in [0.3, 0.4) is 0 Å². The lowest BCUT2D eigenvalue weighted by molar-refractivity contribution is -0.176. The number of nitrogens with one attached hydrogen (secondary N) is 1. The van der Waals surface area contributed by atoms with Crippen molar-refractivity contribution in [2.45, 2.75) is 45.1 Å². The summed E-state index contributed by atoms with van der Waals surface area (Å²) >= 11 is 0. The Morgan fingerprint density at radius 3 is 2.52 bits per heavy atom. The molecule has 0 aromatic heterocycles. The zero-order chi connectivity index (χ0) is 20.9. The Labute approximate surface area is 168 Å². The molecule has 4 nitrogen and oxygen atoms in total. The van der Waals surface area contributed by atoms with Crippen LogP contribution in [0, 0.1) is 6.92 Å². The van der Waals surface area contributed by atoms with Gasteiger partial charge in [-0.1, -0.05) is 48.5 Å². The summed E-state index contributed by atoms with van der Waals surface area (Å²) < 4.78 is 41.0. The van der Waals surface area contributed by atoms with Gasteiger partial charge in [0.2, 0.25) is 0 Å². The Balaban J connectivity index is 1.52. The summed E-state index contributed by atoms with van der Waals surface area (Å²) in [7, 11) is 0. The number of hydrogen-bond acceptors (Lipinski definition) is 2. The van der Waals surface area contributed by atoms with Gasteiger partial charge < -0.3 is 15.0 Å². The van der Waals surface area contributed by atoms with Gasteiger partial charge in [0.25, 0.3) is 0 Å². The number of ether oxygens (including phenoxy) is 1. The third-order valence-corrected chi connectivity index (χ3v) is 5.06. The molecule has 0 radical (unpaired) electrons. The van der Waals surface area contributed by atoms with Crippen molar-refractivity contribution in [2.75, 3.05) is 13.2 Å². The van der Waals surface area contributed by atoms with Crippen molar-refractivity contribution >= 4 is 6.03 Å². The highest BCUT2D eigenvalue weighted by Crippen LogP contribution is 2.33. The van der Waals surface area contributed by atoms with Crippen molar-refractivity contribution in [3.63, 3.8) is 0 Å². The standard InChI is InChI=1S/C22H25F3N2O2/c1-16-5-2-3-6-19(16)20-7-4-12-27(20)21(28)26-13-17-8-10-18(11-9-17)14-29-15-22(23,24)25/h2-3,5-6,8-11,20H,4,7,12-15H2,1H3,(H,26,28). The second-order valence-corrected chi connectivity index (χ2v) is 7.29. The molecule has 7 heteroatoms. The molecule has 0 aliphatic carbocycles. The van der Waals surface area contributed by atoms with E-state index >= 15 is 0 Å². The van der Waals surface area contributed by atoms with E-state index < -0.39 is 12.8 Å². The Bertz CT molecular complexity index is 822. The Morgan fingerprint density at radius 2 is 1.83 bits per heavy atom.